The summed E-state index contributed by atoms with van der Waals surface area (Å²) in [4.78, 5) is 6.37. The van der Waals surface area contributed by atoms with E-state index in [-0.39, 0.29) is 30.0 Å². The first-order chi connectivity index (χ1) is 12.2. The number of furan rings is 1. The maximum Gasteiger partial charge on any atom is 0.191 e. The van der Waals surface area contributed by atoms with Crippen LogP contribution in [0.3, 0.4) is 0 Å². The van der Waals surface area contributed by atoms with Gasteiger partial charge in [0.25, 0.3) is 0 Å². The van der Waals surface area contributed by atoms with Gasteiger partial charge in [0.2, 0.25) is 0 Å². The first-order valence-electron chi connectivity index (χ1n) is 8.12. The average Bonchev–Trinajstić information content (AvgIpc) is 3.27. The Morgan fingerprint density at radius 3 is 2.77 bits per heavy atom. The minimum atomic E-state index is 0. The Kier molecular flexibility index (Phi) is 7.39. The Morgan fingerprint density at radius 2 is 2.08 bits per heavy atom. The molecule has 8 nitrogen and oxygen atoms in total. The van der Waals surface area contributed by atoms with Crippen molar-refractivity contribution in [2.45, 2.75) is 12.6 Å². The first-order valence-corrected chi connectivity index (χ1v) is 8.12. The number of aliphatic imine (C=N–C) groups is 1. The molecule has 0 aromatic carbocycles. The van der Waals surface area contributed by atoms with Gasteiger partial charge in [-0.3, -0.25) is 14.3 Å². The third-order valence-electron chi connectivity index (χ3n) is 3.98. The zero-order chi connectivity index (χ0) is 17.6. The normalized spacial score (nSPS) is 12.8. The van der Waals surface area contributed by atoms with Crippen LogP contribution in [0, 0.1) is 0 Å². The molecule has 0 saturated carbocycles. The third-order valence-corrected chi connectivity index (χ3v) is 3.98. The number of guanidine groups is 1. The van der Waals surface area contributed by atoms with E-state index in [9.17, 15) is 0 Å². The van der Waals surface area contributed by atoms with Crippen molar-refractivity contribution in [2.24, 2.45) is 4.99 Å². The maximum absolute atomic E-state index is 5.53. The Bertz CT molecular complexity index is 829. The van der Waals surface area contributed by atoms with Gasteiger partial charge < -0.3 is 15.1 Å². The minimum Gasteiger partial charge on any atom is -0.468 e. The number of aromatic nitrogens is 3. The van der Waals surface area contributed by atoms with Gasteiger partial charge in [-0.15, -0.1) is 34.2 Å². The predicted molar refractivity (Wildman–Crippen MR) is 112 cm³/mol. The fraction of sp³-hybridized carbons (Fsp3) is 0.353. The molecule has 0 amide bonds. The monoisotopic (exact) mass is 469 g/mol. The number of nitrogens with zero attached hydrogens (tertiary/aromatic N) is 5. The number of hydrogen-bond donors (Lipinski definition) is 2. The summed E-state index contributed by atoms with van der Waals surface area (Å²) in [7, 11) is 5.79. The number of hydrogen-bond acceptors (Lipinski definition) is 5. The zero-order valence-electron chi connectivity index (χ0n) is 15.1. The molecule has 26 heavy (non-hydrogen) atoms. The molecule has 0 bridgehead atoms. The molecule has 140 valence electrons. The molecule has 3 aromatic heterocycles. The summed E-state index contributed by atoms with van der Waals surface area (Å²) in [6.45, 7) is 1.19. The molecule has 1 unspecified atom stereocenters. The molecule has 0 aliphatic carbocycles. The van der Waals surface area contributed by atoms with Crippen LogP contribution in [0.4, 0.5) is 0 Å². The van der Waals surface area contributed by atoms with E-state index in [1.54, 1.807) is 13.3 Å². The van der Waals surface area contributed by atoms with Crippen LogP contribution in [0.2, 0.25) is 0 Å². The molecule has 0 radical (unpaired) electrons. The highest BCUT2D eigenvalue weighted by molar-refractivity contribution is 14.0. The highest BCUT2D eigenvalue weighted by atomic mass is 127. The van der Waals surface area contributed by atoms with Gasteiger partial charge in [0.1, 0.15) is 5.76 Å². The molecule has 3 heterocycles. The summed E-state index contributed by atoms with van der Waals surface area (Å²) < 4.78 is 7.48. The Labute approximate surface area is 169 Å². The van der Waals surface area contributed by atoms with Gasteiger partial charge in [-0.05, 0) is 38.4 Å². The maximum atomic E-state index is 5.53. The van der Waals surface area contributed by atoms with Crippen LogP contribution in [0.1, 0.15) is 17.6 Å². The van der Waals surface area contributed by atoms with Crippen LogP contribution in [0.25, 0.3) is 5.65 Å². The van der Waals surface area contributed by atoms with Crippen molar-refractivity contribution >= 4 is 35.6 Å². The lowest BCUT2D eigenvalue weighted by Crippen LogP contribution is -2.41. The van der Waals surface area contributed by atoms with E-state index in [4.69, 9.17) is 4.42 Å². The first kappa shape index (κ1) is 20.2. The van der Waals surface area contributed by atoms with Gasteiger partial charge in [0.15, 0.2) is 17.4 Å². The van der Waals surface area contributed by atoms with Crippen LogP contribution in [-0.2, 0) is 6.54 Å². The van der Waals surface area contributed by atoms with Crippen molar-refractivity contribution in [1.82, 2.24) is 30.1 Å². The molecule has 3 rings (SSSR count). The molecule has 0 spiro atoms. The van der Waals surface area contributed by atoms with Crippen LogP contribution < -0.4 is 10.6 Å². The van der Waals surface area contributed by atoms with Gasteiger partial charge in [-0.25, -0.2) is 0 Å². The van der Waals surface area contributed by atoms with E-state index < -0.39 is 0 Å². The summed E-state index contributed by atoms with van der Waals surface area (Å²) in [6, 6.07) is 9.81. The summed E-state index contributed by atoms with van der Waals surface area (Å²) in [6.07, 6.45) is 3.64. The summed E-state index contributed by atoms with van der Waals surface area (Å²) in [5.74, 6) is 2.44. The highest BCUT2D eigenvalue weighted by Crippen LogP contribution is 2.17. The average molecular weight is 469 g/mol. The van der Waals surface area contributed by atoms with Crippen molar-refractivity contribution in [3.8, 4) is 0 Å². The van der Waals surface area contributed by atoms with Gasteiger partial charge in [-0.1, -0.05) is 6.07 Å². The number of likely N-dealkylation sites (N-methyl/N-ethyl adjacent to an activating group) is 1. The second kappa shape index (κ2) is 9.53. The summed E-state index contributed by atoms with van der Waals surface area (Å²) in [5, 5.41) is 15.0. The van der Waals surface area contributed by atoms with Gasteiger partial charge >= 0.3 is 0 Å². The van der Waals surface area contributed by atoms with Crippen LogP contribution >= 0.6 is 24.0 Å². The fourth-order valence-electron chi connectivity index (χ4n) is 2.61. The summed E-state index contributed by atoms with van der Waals surface area (Å²) >= 11 is 0. The third kappa shape index (κ3) is 4.73. The van der Waals surface area contributed by atoms with Crippen molar-refractivity contribution in [1.29, 1.82) is 0 Å². The number of pyridine rings is 1. The molecule has 0 fully saturated rings. The molecule has 9 heteroatoms. The number of rotatable bonds is 6. The van der Waals surface area contributed by atoms with Crippen molar-refractivity contribution in [3.63, 3.8) is 0 Å². The van der Waals surface area contributed by atoms with Crippen LogP contribution in [0.5, 0.6) is 0 Å². The van der Waals surface area contributed by atoms with Crippen LogP contribution in [0.15, 0.2) is 52.2 Å². The molecular weight excluding hydrogens is 445 g/mol. The molecule has 2 N–H and O–H groups in total. The largest absolute Gasteiger partial charge is 0.468 e. The van der Waals surface area contributed by atoms with Gasteiger partial charge in [0.05, 0.1) is 18.8 Å². The standard InChI is InChI=1S/C17H23N7O.HI/c1-18-17(19-11-13(23(2)3)14-7-6-10-25-14)20-12-16-22-21-15-8-4-5-9-24(15)16;/h4-10,13H,11-12H2,1-3H3,(H2,18,19,20);1H. The quantitative estimate of drug-likeness (QED) is 0.326. The van der Waals surface area contributed by atoms with Gasteiger partial charge in [0, 0.05) is 19.8 Å². The number of fused-ring (bicyclic) bond motifs is 1. The molecule has 0 saturated heterocycles. The highest BCUT2D eigenvalue weighted by Gasteiger charge is 2.17. The molecule has 3 aromatic rings. The fourth-order valence-corrected chi connectivity index (χ4v) is 2.61. The van der Waals surface area contributed by atoms with Crippen molar-refractivity contribution in [2.75, 3.05) is 27.7 Å². The molecule has 0 aliphatic rings. The van der Waals surface area contributed by atoms with Gasteiger partial charge in [-0.2, -0.15) is 0 Å². The second-order valence-electron chi connectivity index (χ2n) is 5.85. The van der Waals surface area contributed by atoms with E-state index in [0.29, 0.717) is 19.0 Å². The van der Waals surface area contributed by atoms with Crippen molar-refractivity contribution in [3.05, 3.63) is 54.4 Å². The Balaban J connectivity index is 0.00000243. The smallest absolute Gasteiger partial charge is 0.191 e. The lowest BCUT2D eigenvalue weighted by Gasteiger charge is -2.23. The van der Waals surface area contributed by atoms with Crippen molar-refractivity contribution < 1.29 is 4.42 Å². The zero-order valence-corrected chi connectivity index (χ0v) is 17.4. The predicted octanol–water partition coefficient (Wildman–Crippen LogP) is 1.91. The lowest BCUT2D eigenvalue weighted by molar-refractivity contribution is 0.258. The molecule has 1 atom stereocenters. The van der Waals surface area contributed by atoms with E-state index in [2.05, 4.69) is 30.7 Å². The second-order valence-corrected chi connectivity index (χ2v) is 5.85. The minimum absolute atomic E-state index is 0. The number of nitrogens with one attached hydrogen (secondary N) is 2. The lowest BCUT2D eigenvalue weighted by atomic mass is 10.2. The molecular formula is C17H24IN7O. The SMILES string of the molecule is CN=C(NCc1nnc2ccccn12)NCC(c1ccco1)N(C)C.I. The van der Waals surface area contributed by atoms with E-state index >= 15 is 0 Å². The van der Waals surface area contributed by atoms with E-state index in [1.807, 2.05) is 55.0 Å². The van der Waals surface area contributed by atoms with E-state index in [1.165, 1.54) is 0 Å². The molecule has 0 aliphatic heterocycles. The topological polar surface area (TPSA) is 83.0 Å². The van der Waals surface area contributed by atoms with Crippen LogP contribution in [-0.4, -0.2) is 53.1 Å². The number of halogens is 1. The Hall–Kier alpha value is -2.14. The summed E-state index contributed by atoms with van der Waals surface area (Å²) in [5.41, 5.74) is 0.827. The van der Waals surface area contributed by atoms with E-state index in [0.717, 1.165) is 17.2 Å². The Morgan fingerprint density at radius 1 is 1.23 bits per heavy atom.